The first-order valence-corrected chi connectivity index (χ1v) is 11.6. The highest BCUT2D eigenvalue weighted by molar-refractivity contribution is 6.33. The van der Waals surface area contributed by atoms with Gasteiger partial charge in [0.05, 0.1) is 23.4 Å². The van der Waals surface area contributed by atoms with E-state index in [2.05, 4.69) is 22.2 Å². The van der Waals surface area contributed by atoms with Gasteiger partial charge in [-0.1, -0.05) is 52.6 Å². The molecule has 1 aliphatic heterocycles. The molecule has 0 aromatic carbocycles. The molecule has 1 amide bonds. The minimum Gasteiger partial charge on any atom is -0.375 e. The van der Waals surface area contributed by atoms with E-state index >= 15 is 0 Å². The fraction of sp³-hybridized carbons (Fsp3) is 0.583. The Balaban J connectivity index is 2.00. The predicted octanol–water partition coefficient (Wildman–Crippen LogP) is 4.67. The van der Waals surface area contributed by atoms with Gasteiger partial charge >= 0.3 is 0 Å². The first-order chi connectivity index (χ1) is 15.1. The van der Waals surface area contributed by atoms with Crippen LogP contribution in [0.5, 0.6) is 0 Å². The van der Waals surface area contributed by atoms with E-state index in [1.54, 1.807) is 18.5 Å². The number of nitrogens with one attached hydrogen (secondary N) is 1. The third kappa shape index (κ3) is 5.21. The van der Waals surface area contributed by atoms with Crippen LogP contribution in [0.2, 0.25) is 5.02 Å². The monoisotopic (exact) mass is 460 g/mol. The standard InChI is InChI=1S/C24H33ClN4O3/c1-6-8-15(2)20(30)21(24(3,4)5)28-23(31)19-18-14-32-12-7-11-29(18)22(27-19)16-9-10-26-13-17(16)25/h9-10,13,15,21H,6-8,11-12,14H2,1-5H3,(H,28,31)/t15?,21-/m1/s1. The van der Waals surface area contributed by atoms with E-state index in [1.165, 1.54) is 0 Å². The summed E-state index contributed by atoms with van der Waals surface area (Å²) in [6, 6.07) is 1.17. The van der Waals surface area contributed by atoms with E-state index in [0.29, 0.717) is 35.3 Å². The minimum absolute atomic E-state index is 0.0478. The quantitative estimate of drug-likeness (QED) is 0.648. The van der Waals surface area contributed by atoms with Crippen LogP contribution in [-0.2, 0) is 22.7 Å². The normalized spacial score (nSPS) is 16.1. The number of carbonyl (C=O) groups excluding carboxylic acids is 2. The second-order valence-electron chi connectivity index (χ2n) is 9.51. The van der Waals surface area contributed by atoms with Crippen molar-refractivity contribution in [1.82, 2.24) is 19.9 Å². The van der Waals surface area contributed by atoms with Gasteiger partial charge in [0.25, 0.3) is 5.91 Å². The molecule has 1 N–H and O–H groups in total. The molecular weight excluding hydrogens is 428 g/mol. The van der Waals surface area contributed by atoms with E-state index in [1.807, 2.05) is 32.3 Å². The number of hydrogen-bond acceptors (Lipinski definition) is 5. The Kier molecular flexibility index (Phi) is 7.72. The molecule has 174 valence electrons. The highest BCUT2D eigenvalue weighted by Gasteiger charge is 2.36. The average molecular weight is 461 g/mol. The molecule has 32 heavy (non-hydrogen) atoms. The lowest BCUT2D eigenvalue weighted by atomic mass is 9.79. The minimum atomic E-state index is -0.617. The number of halogens is 1. The molecule has 1 aliphatic rings. The van der Waals surface area contributed by atoms with Gasteiger partial charge in [0, 0.05) is 37.0 Å². The molecular formula is C24H33ClN4O3. The number of hydrogen-bond donors (Lipinski definition) is 1. The average Bonchev–Trinajstić information content (AvgIpc) is 2.92. The van der Waals surface area contributed by atoms with Gasteiger partial charge in [-0.15, -0.1) is 0 Å². The molecule has 0 saturated carbocycles. The van der Waals surface area contributed by atoms with Crippen molar-refractivity contribution < 1.29 is 14.3 Å². The van der Waals surface area contributed by atoms with Crippen LogP contribution in [-0.4, -0.2) is 38.9 Å². The summed E-state index contributed by atoms with van der Waals surface area (Å²) in [4.78, 5) is 35.4. The third-order valence-corrected chi connectivity index (χ3v) is 6.14. The maximum atomic E-state index is 13.5. The van der Waals surface area contributed by atoms with Crippen molar-refractivity contribution in [3.8, 4) is 11.4 Å². The number of rotatable bonds is 7. The SMILES string of the molecule is CCCC(C)C(=O)[C@@H](NC(=O)c1nc(-c2ccncc2Cl)n2c1COCCC2)C(C)(C)C. The van der Waals surface area contributed by atoms with Crippen LogP contribution < -0.4 is 5.32 Å². The van der Waals surface area contributed by atoms with Gasteiger partial charge in [0.2, 0.25) is 0 Å². The highest BCUT2D eigenvalue weighted by Crippen LogP contribution is 2.31. The second-order valence-corrected chi connectivity index (χ2v) is 9.92. The summed E-state index contributed by atoms with van der Waals surface area (Å²) in [6.45, 7) is 11.4. The van der Waals surface area contributed by atoms with Gasteiger partial charge in [-0.2, -0.15) is 0 Å². The lowest BCUT2D eigenvalue weighted by molar-refractivity contribution is -0.126. The first-order valence-electron chi connectivity index (χ1n) is 11.3. The number of imidazole rings is 1. The molecule has 0 spiro atoms. The topological polar surface area (TPSA) is 86.1 Å². The smallest absolute Gasteiger partial charge is 0.272 e. The van der Waals surface area contributed by atoms with Crippen molar-refractivity contribution in [3.63, 3.8) is 0 Å². The zero-order valence-electron chi connectivity index (χ0n) is 19.6. The molecule has 8 heteroatoms. The van der Waals surface area contributed by atoms with Crippen molar-refractivity contribution in [2.24, 2.45) is 11.3 Å². The predicted molar refractivity (Wildman–Crippen MR) is 125 cm³/mol. The number of carbonyl (C=O) groups is 2. The van der Waals surface area contributed by atoms with Crippen LogP contribution in [0.15, 0.2) is 18.5 Å². The van der Waals surface area contributed by atoms with Crippen LogP contribution in [0, 0.1) is 11.3 Å². The third-order valence-electron chi connectivity index (χ3n) is 5.84. The molecule has 7 nitrogen and oxygen atoms in total. The maximum absolute atomic E-state index is 13.5. The number of Topliss-reactive ketones (excluding diaryl/α,β-unsaturated/α-hetero) is 1. The number of pyridine rings is 1. The van der Waals surface area contributed by atoms with Gasteiger partial charge in [-0.05, 0) is 24.3 Å². The molecule has 0 saturated heterocycles. The number of ketones is 1. The fourth-order valence-electron chi connectivity index (χ4n) is 4.08. The van der Waals surface area contributed by atoms with Crippen LogP contribution in [0.4, 0.5) is 0 Å². The number of fused-ring (bicyclic) bond motifs is 1. The summed E-state index contributed by atoms with van der Waals surface area (Å²) in [5.74, 6) is 0.165. The van der Waals surface area contributed by atoms with Crippen LogP contribution in [0.1, 0.15) is 70.1 Å². The Morgan fingerprint density at radius 3 is 2.75 bits per heavy atom. The Hall–Kier alpha value is -2.25. The van der Waals surface area contributed by atoms with Crippen LogP contribution >= 0.6 is 11.6 Å². The first kappa shape index (κ1) is 24.4. The molecule has 1 unspecified atom stereocenters. The Morgan fingerprint density at radius 2 is 2.09 bits per heavy atom. The van der Waals surface area contributed by atoms with Crippen molar-refractivity contribution in [1.29, 1.82) is 0 Å². The highest BCUT2D eigenvalue weighted by atomic mass is 35.5. The maximum Gasteiger partial charge on any atom is 0.272 e. The van der Waals surface area contributed by atoms with E-state index in [9.17, 15) is 9.59 Å². The van der Waals surface area contributed by atoms with Gasteiger partial charge in [-0.3, -0.25) is 14.6 Å². The van der Waals surface area contributed by atoms with Crippen molar-refractivity contribution in [2.45, 2.75) is 73.1 Å². The lowest BCUT2D eigenvalue weighted by Gasteiger charge is -2.32. The Bertz CT molecular complexity index is 980. The van der Waals surface area contributed by atoms with Crippen molar-refractivity contribution in [2.75, 3.05) is 6.61 Å². The molecule has 2 atom stereocenters. The number of amides is 1. The number of aromatic nitrogens is 3. The largest absolute Gasteiger partial charge is 0.375 e. The molecule has 0 fully saturated rings. The van der Waals surface area contributed by atoms with E-state index in [4.69, 9.17) is 16.3 Å². The van der Waals surface area contributed by atoms with Gasteiger partial charge in [0.1, 0.15) is 5.82 Å². The molecule has 0 bridgehead atoms. The summed E-state index contributed by atoms with van der Waals surface area (Å²) < 4.78 is 7.72. The van der Waals surface area contributed by atoms with E-state index < -0.39 is 11.5 Å². The number of ether oxygens (including phenoxy) is 1. The second kappa shape index (κ2) is 10.1. The molecule has 0 aliphatic carbocycles. The summed E-state index contributed by atoms with van der Waals surface area (Å²) in [6.07, 6.45) is 5.73. The summed E-state index contributed by atoms with van der Waals surface area (Å²) >= 11 is 6.39. The van der Waals surface area contributed by atoms with Crippen LogP contribution in [0.25, 0.3) is 11.4 Å². The van der Waals surface area contributed by atoms with Gasteiger partial charge in [0.15, 0.2) is 11.5 Å². The summed E-state index contributed by atoms with van der Waals surface area (Å²) in [5.41, 5.74) is 1.26. The fourth-order valence-corrected chi connectivity index (χ4v) is 4.29. The number of nitrogens with zero attached hydrogens (tertiary/aromatic N) is 3. The Labute approximate surface area is 194 Å². The van der Waals surface area contributed by atoms with Crippen molar-refractivity contribution in [3.05, 3.63) is 34.9 Å². The zero-order chi connectivity index (χ0) is 23.5. The van der Waals surface area contributed by atoms with E-state index in [-0.39, 0.29) is 29.9 Å². The van der Waals surface area contributed by atoms with Gasteiger partial charge in [-0.25, -0.2) is 4.98 Å². The van der Waals surface area contributed by atoms with Crippen LogP contribution in [0.3, 0.4) is 0 Å². The lowest BCUT2D eigenvalue weighted by Crippen LogP contribution is -2.51. The summed E-state index contributed by atoms with van der Waals surface area (Å²) in [5, 5.41) is 3.46. The Morgan fingerprint density at radius 1 is 1.34 bits per heavy atom. The van der Waals surface area contributed by atoms with Crippen molar-refractivity contribution >= 4 is 23.3 Å². The molecule has 3 rings (SSSR count). The molecule has 2 aromatic heterocycles. The van der Waals surface area contributed by atoms with Gasteiger partial charge < -0.3 is 14.6 Å². The molecule has 0 radical (unpaired) electrons. The molecule has 2 aromatic rings. The zero-order valence-corrected chi connectivity index (χ0v) is 20.3. The summed E-state index contributed by atoms with van der Waals surface area (Å²) in [7, 11) is 0. The molecule has 3 heterocycles. The van der Waals surface area contributed by atoms with E-state index in [0.717, 1.165) is 19.3 Å².